The number of rotatable bonds is 3. The first-order valence-electron chi connectivity index (χ1n) is 3.57. The number of aliphatic imine (C=N–C) groups is 1. The molecule has 0 aliphatic heterocycles. The van der Waals surface area contributed by atoms with E-state index in [1.54, 1.807) is 0 Å². The molecule has 0 heterocycles. The van der Waals surface area contributed by atoms with Crippen molar-refractivity contribution >= 4 is 6.72 Å². The topological polar surface area (TPSA) is 12.4 Å². The zero-order valence-electron chi connectivity index (χ0n) is 7.26. The fourth-order valence-corrected chi connectivity index (χ4v) is 0.509. The van der Waals surface area contributed by atoms with E-state index < -0.39 is 0 Å². The highest BCUT2D eigenvalue weighted by atomic mass is 19.1. The van der Waals surface area contributed by atoms with Gasteiger partial charge in [-0.05, 0) is 25.6 Å². The Labute approximate surface area is 67.3 Å². The predicted molar refractivity (Wildman–Crippen MR) is 47.3 cm³/mol. The second kappa shape index (κ2) is 4.83. The maximum Gasteiger partial charge on any atom is 0.141 e. The van der Waals surface area contributed by atoms with Crippen LogP contribution in [-0.2, 0) is 0 Å². The van der Waals surface area contributed by atoms with Crippen LogP contribution in [0.1, 0.15) is 20.8 Å². The molecule has 0 aromatic carbocycles. The Morgan fingerprint density at radius 2 is 2.09 bits per heavy atom. The van der Waals surface area contributed by atoms with E-state index in [4.69, 9.17) is 0 Å². The molecule has 0 aromatic heterocycles. The highest BCUT2D eigenvalue weighted by Crippen LogP contribution is 2.11. The van der Waals surface area contributed by atoms with Crippen molar-refractivity contribution in [2.24, 2.45) is 10.9 Å². The molecule has 0 saturated carbocycles. The fraction of sp³-hybridized carbons (Fsp3) is 0.444. The Morgan fingerprint density at radius 3 is 2.45 bits per heavy atom. The van der Waals surface area contributed by atoms with E-state index in [2.05, 4.69) is 11.7 Å². The first-order valence-corrected chi connectivity index (χ1v) is 3.57. The lowest BCUT2D eigenvalue weighted by Crippen LogP contribution is -1.87. The molecule has 0 N–H and O–H groups in total. The average Bonchev–Trinajstić information content (AvgIpc) is 1.87. The monoisotopic (exact) mass is 155 g/mol. The average molecular weight is 155 g/mol. The molecule has 0 fully saturated rings. The lowest BCUT2D eigenvalue weighted by Gasteiger charge is -2.02. The Morgan fingerprint density at radius 1 is 1.55 bits per heavy atom. The summed E-state index contributed by atoms with van der Waals surface area (Å²) in [6, 6.07) is 0. The van der Waals surface area contributed by atoms with Crippen LogP contribution in [0.2, 0.25) is 0 Å². The van der Waals surface area contributed by atoms with E-state index in [1.807, 2.05) is 20.8 Å². The summed E-state index contributed by atoms with van der Waals surface area (Å²) >= 11 is 0. The number of hydrogen-bond donors (Lipinski definition) is 0. The van der Waals surface area contributed by atoms with E-state index in [9.17, 15) is 4.39 Å². The van der Waals surface area contributed by atoms with Gasteiger partial charge in [-0.2, -0.15) is 0 Å². The van der Waals surface area contributed by atoms with Crippen LogP contribution >= 0.6 is 0 Å². The zero-order chi connectivity index (χ0) is 8.85. The second-order valence-electron chi connectivity index (χ2n) is 2.74. The summed E-state index contributed by atoms with van der Waals surface area (Å²) < 4.78 is 12.7. The van der Waals surface area contributed by atoms with Crippen molar-refractivity contribution in [2.75, 3.05) is 0 Å². The molecule has 0 unspecified atom stereocenters. The van der Waals surface area contributed by atoms with Crippen LogP contribution in [0.3, 0.4) is 0 Å². The van der Waals surface area contributed by atoms with Crippen LogP contribution in [0.25, 0.3) is 0 Å². The van der Waals surface area contributed by atoms with Gasteiger partial charge in [-0.15, -0.1) is 0 Å². The highest BCUT2D eigenvalue weighted by Gasteiger charge is 1.96. The summed E-state index contributed by atoms with van der Waals surface area (Å²) in [6.45, 7) is 9.08. The summed E-state index contributed by atoms with van der Waals surface area (Å²) in [5.74, 6) is 0.0326. The van der Waals surface area contributed by atoms with Crippen LogP contribution < -0.4 is 0 Å². The van der Waals surface area contributed by atoms with Crippen molar-refractivity contribution in [3.63, 3.8) is 0 Å². The molecule has 0 amide bonds. The quantitative estimate of drug-likeness (QED) is 0.438. The molecule has 0 aromatic rings. The van der Waals surface area contributed by atoms with Crippen molar-refractivity contribution < 1.29 is 4.39 Å². The molecule has 0 atom stereocenters. The van der Waals surface area contributed by atoms with E-state index in [1.165, 1.54) is 6.08 Å². The summed E-state index contributed by atoms with van der Waals surface area (Å²) in [6.07, 6.45) is 2.57. The minimum absolute atomic E-state index is 0.341. The van der Waals surface area contributed by atoms with Crippen molar-refractivity contribution in [2.45, 2.75) is 20.8 Å². The molecular weight excluding hydrogens is 141 g/mol. The maximum absolute atomic E-state index is 12.7. The minimum atomic E-state index is -0.341. The van der Waals surface area contributed by atoms with Crippen molar-refractivity contribution in [1.29, 1.82) is 0 Å². The van der Waals surface area contributed by atoms with Crippen LogP contribution in [0, 0.1) is 5.92 Å². The summed E-state index contributed by atoms with van der Waals surface area (Å²) in [5, 5.41) is 0. The van der Waals surface area contributed by atoms with Crippen LogP contribution in [-0.4, -0.2) is 6.72 Å². The second-order valence-corrected chi connectivity index (χ2v) is 2.74. The summed E-state index contributed by atoms with van der Waals surface area (Å²) in [7, 11) is 0. The van der Waals surface area contributed by atoms with Gasteiger partial charge in [-0.1, -0.05) is 19.4 Å². The van der Waals surface area contributed by atoms with Gasteiger partial charge in [0.15, 0.2) is 0 Å². The minimum Gasteiger partial charge on any atom is -0.269 e. The molecule has 0 saturated heterocycles. The molecule has 11 heavy (non-hydrogen) atoms. The van der Waals surface area contributed by atoms with Gasteiger partial charge in [0.25, 0.3) is 0 Å². The fourth-order valence-electron chi connectivity index (χ4n) is 0.509. The van der Waals surface area contributed by atoms with E-state index >= 15 is 0 Å². The van der Waals surface area contributed by atoms with E-state index in [0.29, 0.717) is 5.92 Å². The Hall–Kier alpha value is -0.920. The predicted octanol–water partition coefficient (Wildman–Crippen LogP) is 3.10. The summed E-state index contributed by atoms with van der Waals surface area (Å²) in [5.41, 5.74) is 1.00. The van der Waals surface area contributed by atoms with Crippen molar-refractivity contribution in [1.82, 2.24) is 0 Å². The molecule has 0 bridgehead atoms. The van der Waals surface area contributed by atoms with Gasteiger partial charge in [-0.3, -0.25) is 4.99 Å². The lowest BCUT2D eigenvalue weighted by atomic mass is 10.1. The van der Waals surface area contributed by atoms with Crippen LogP contribution in [0.5, 0.6) is 0 Å². The van der Waals surface area contributed by atoms with E-state index in [0.717, 1.165) is 11.8 Å². The van der Waals surface area contributed by atoms with Crippen LogP contribution in [0.4, 0.5) is 4.39 Å². The van der Waals surface area contributed by atoms with Gasteiger partial charge < -0.3 is 0 Å². The number of halogens is 1. The van der Waals surface area contributed by atoms with Gasteiger partial charge in [0.2, 0.25) is 0 Å². The normalized spacial score (nSPS) is 13.9. The van der Waals surface area contributed by atoms with Gasteiger partial charge in [-0.25, -0.2) is 4.39 Å². The molecule has 2 heteroatoms. The summed E-state index contributed by atoms with van der Waals surface area (Å²) in [4.78, 5) is 3.32. The molecule has 1 nitrogen and oxygen atoms in total. The van der Waals surface area contributed by atoms with Gasteiger partial charge in [0, 0.05) is 0 Å². The first-order chi connectivity index (χ1) is 5.07. The zero-order valence-corrected chi connectivity index (χ0v) is 7.26. The third-order valence-corrected chi connectivity index (χ3v) is 1.49. The molecule has 0 spiro atoms. The molecule has 62 valence electrons. The number of allylic oxidation sites excluding steroid dienone is 3. The maximum atomic E-state index is 12.7. The standard InChI is InChI=1S/C9H14FN/c1-7(2)8(3)5-9(10)6-11-4/h5-7H,4H2,1-3H3/b8-5+,9-6+. The lowest BCUT2D eigenvalue weighted by molar-refractivity contribution is 0.654. The number of hydrogen-bond acceptors (Lipinski definition) is 1. The highest BCUT2D eigenvalue weighted by molar-refractivity contribution is 5.28. The SMILES string of the molecule is C=N/C=C(F)\C=C(/C)C(C)C. The van der Waals surface area contributed by atoms with Crippen molar-refractivity contribution in [3.8, 4) is 0 Å². The molecule has 0 radical (unpaired) electrons. The Balaban J connectivity index is 4.30. The van der Waals surface area contributed by atoms with E-state index in [-0.39, 0.29) is 5.83 Å². The van der Waals surface area contributed by atoms with Crippen molar-refractivity contribution in [3.05, 3.63) is 23.7 Å². The number of nitrogens with zero attached hydrogens (tertiary/aromatic N) is 1. The van der Waals surface area contributed by atoms with Gasteiger partial charge in [0.05, 0.1) is 6.20 Å². The molecule has 0 rings (SSSR count). The Bertz CT molecular complexity index is 190. The molecule has 0 aliphatic carbocycles. The third kappa shape index (κ3) is 4.48. The van der Waals surface area contributed by atoms with Gasteiger partial charge >= 0.3 is 0 Å². The third-order valence-electron chi connectivity index (χ3n) is 1.49. The van der Waals surface area contributed by atoms with Crippen LogP contribution in [0.15, 0.2) is 28.7 Å². The Kier molecular flexibility index (Phi) is 4.42. The first kappa shape index (κ1) is 10.1. The molecular formula is C9H14FN. The van der Waals surface area contributed by atoms with Gasteiger partial charge in [0.1, 0.15) is 5.83 Å². The molecule has 0 aliphatic rings. The smallest absolute Gasteiger partial charge is 0.141 e. The largest absolute Gasteiger partial charge is 0.269 e.